The van der Waals surface area contributed by atoms with Crippen molar-refractivity contribution in [3.63, 3.8) is 0 Å². The number of piperazine rings is 2. The van der Waals surface area contributed by atoms with Gasteiger partial charge in [-0.05, 0) is 51.1 Å². The first kappa shape index (κ1) is 101. The van der Waals surface area contributed by atoms with Crippen molar-refractivity contribution in [3.05, 3.63) is 0 Å². The molecule has 0 aliphatic carbocycles. The minimum absolute atomic E-state index is 0.177. The van der Waals surface area contributed by atoms with Crippen LogP contribution >= 0.6 is 0 Å². The molecule has 3 fully saturated rings. The highest BCUT2D eigenvalue weighted by Crippen LogP contribution is 2.34. The molecule has 2 N–H and O–H groups in total. The third kappa shape index (κ3) is 64.0. The van der Waals surface area contributed by atoms with E-state index in [-0.39, 0.29) is 31.2 Å². The molecule has 646 valence electrons. The van der Waals surface area contributed by atoms with Gasteiger partial charge in [-0.2, -0.15) is 0 Å². The number of carbonyl (C=O) groups is 2. The van der Waals surface area contributed by atoms with Crippen molar-refractivity contribution in [1.29, 1.82) is 0 Å². The summed E-state index contributed by atoms with van der Waals surface area (Å²) in [5.41, 5.74) is 0. The fraction of sp³-hybridized carbons (Fsp3) is 0.973. The number of aliphatic hydroxyl groups excluding tert-OH is 2. The maximum atomic E-state index is 12.6. The van der Waals surface area contributed by atoms with E-state index in [4.69, 9.17) is 118 Å². The maximum absolute atomic E-state index is 12.6. The molecule has 3 aliphatic rings. The summed E-state index contributed by atoms with van der Waals surface area (Å²) < 4.78 is 140. The Morgan fingerprint density at radius 2 is 0.606 bits per heavy atom. The van der Waals surface area contributed by atoms with E-state index in [9.17, 15) is 19.8 Å². The number of ether oxygens (including phenoxy) is 24. The van der Waals surface area contributed by atoms with E-state index in [1.54, 1.807) is 6.92 Å². The zero-order chi connectivity index (χ0) is 78.5. The van der Waals surface area contributed by atoms with Crippen LogP contribution in [0.4, 0.5) is 0 Å². The van der Waals surface area contributed by atoms with Crippen molar-refractivity contribution in [2.24, 2.45) is 0 Å². The molecule has 3 rings (SSSR count). The lowest BCUT2D eigenvalue weighted by molar-refractivity contribution is -0.894. The summed E-state index contributed by atoms with van der Waals surface area (Å²) in [6.45, 7) is 39.8. The van der Waals surface area contributed by atoms with Gasteiger partial charge in [-0.25, -0.2) is 0 Å². The van der Waals surface area contributed by atoms with E-state index in [0.29, 0.717) is 323 Å². The fourth-order valence-corrected chi connectivity index (χ4v) is 20.2. The fourth-order valence-electron chi connectivity index (χ4n) is 11.4. The van der Waals surface area contributed by atoms with Gasteiger partial charge in [-0.1, -0.05) is 6.92 Å². The van der Waals surface area contributed by atoms with Crippen molar-refractivity contribution in [2.75, 3.05) is 377 Å². The van der Waals surface area contributed by atoms with Crippen LogP contribution < -0.4 is 0 Å². The molecule has 3 aliphatic heterocycles. The highest BCUT2D eigenvalue weighted by molar-refractivity contribution is 6.84. The molecular formula is C74H149N4O29Si2+. The van der Waals surface area contributed by atoms with Crippen LogP contribution in [0.2, 0.25) is 38.3 Å². The molecule has 0 spiro atoms. The van der Waals surface area contributed by atoms with Crippen LogP contribution in [0.25, 0.3) is 0 Å². The number of aliphatic hydroxyl groups is 2. The SMILES string of the molecule is CCC(=O)OCCOCCOCCOCCOCCOCCOCCOCCOCCOCCOCCOCCOCCOCCOCCOCCOCCOCCOCCOCCOCCOC(=O)CC1C2CN(CC(O)COCCC[Si](C)(C)O[Si](C)(C)CCCOCC(O)CN3CC[N+](C)(C)CC3)CCN12. The Morgan fingerprint density at radius 1 is 0.349 bits per heavy atom. The molecule has 33 nitrogen and oxygen atoms in total. The number of esters is 2. The van der Waals surface area contributed by atoms with Crippen molar-refractivity contribution >= 4 is 28.6 Å². The number of likely N-dealkylation sites (N-methyl/N-ethyl adjacent to an activating group) is 1. The number of carbonyl (C=O) groups excluding carboxylic acids is 2. The first-order valence-corrected chi connectivity index (χ1v) is 46.4. The number of β-amino-alcohol motifs (C(OH)–C–C–N with tert-alkyl or cyclic N) is 2. The maximum Gasteiger partial charge on any atom is 0.307 e. The largest absolute Gasteiger partial charge is 0.463 e. The topological polar surface area (TPSA) is 315 Å². The van der Waals surface area contributed by atoms with E-state index >= 15 is 0 Å². The molecule has 0 saturated carbocycles. The van der Waals surface area contributed by atoms with Gasteiger partial charge < -0.3 is 132 Å². The smallest absolute Gasteiger partial charge is 0.307 e. The van der Waals surface area contributed by atoms with Gasteiger partial charge >= 0.3 is 11.9 Å². The monoisotopic (exact) mass is 1610 g/mol. The predicted octanol–water partition coefficient (Wildman–Crippen LogP) is 1.93. The third-order valence-corrected chi connectivity index (χ3v) is 24.9. The second kappa shape index (κ2) is 70.4. The Morgan fingerprint density at radius 3 is 0.881 bits per heavy atom. The van der Waals surface area contributed by atoms with Gasteiger partial charge in [0.15, 0.2) is 16.6 Å². The van der Waals surface area contributed by atoms with Crippen LogP contribution in [0, 0.1) is 0 Å². The van der Waals surface area contributed by atoms with E-state index in [2.05, 4.69) is 55.0 Å². The molecule has 0 radical (unpaired) electrons. The molecule has 35 heteroatoms. The number of hydrogen-bond acceptors (Lipinski definition) is 32. The van der Waals surface area contributed by atoms with Crippen LogP contribution in [0.5, 0.6) is 0 Å². The summed E-state index contributed by atoms with van der Waals surface area (Å²) in [4.78, 5) is 30.6. The summed E-state index contributed by atoms with van der Waals surface area (Å²) in [7, 11) is 0.781. The average Bonchev–Trinajstić information content (AvgIpc) is 1.60. The lowest BCUT2D eigenvalue weighted by Gasteiger charge is -2.39. The quantitative estimate of drug-likeness (QED) is 0.0289. The van der Waals surface area contributed by atoms with Gasteiger partial charge in [0.25, 0.3) is 0 Å². The Balaban J connectivity index is 0.904. The van der Waals surface area contributed by atoms with Gasteiger partial charge in [0.2, 0.25) is 0 Å². The summed E-state index contributed by atoms with van der Waals surface area (Å²) in [6, 6.07) is 2.52. The van der Waals surface area contributed by atoms with Gasteiger partial charge in [0, 0.05) is 77.5 Å². The minimum Gasteiger partial charge on any atom is -0.463 e. The first-order chi connectivity index (χ1) is 53.1. The molecule has 3 saturated heterocycles. The Hall–Kier alpha value is -1.79. The summed E-state index contributed by atoms with van der Waals surface area (Å²) in [6.07, 6.45) is 1.55. The predicted molar refractivity (Wildman–Crippen MR) is 411 cm³/mol. The number of nitrogens with zero attached hydrogens (tertiary/aromatic N) is 4. The van der Waals surface area contributed by atoms with Crippen LogP contribution in [0.15, 0.2) is 0 Å². The molecule has 0 bridgehead atoms. The van der Waals surface area contributed by atoms with Gasteiger partial charge in [-0.3, -0.25) is 24.3 Å². The molecule has 0 aromatic rings. The van der Waals surface area contributed by atoms with Gasteiger partial charge in [0.05, 0.1) is 323 Å². The number of hydrogen-bond donors (Lipinski definition) is 2. The Bertz CT molecular complexity index is 2040. The molecule has 3 heterocycles. The highest BCUT2D eigenvalue weighted by atomic mass is 28.4. The highest BCUT2D eigenvalue weighted by Gasteiger charge is 2.51. The second-order valence-corrected chi connectivity index (χ2v) is 37.2. The normalized spacial score (nSPS) is 17.5. The standard InChI is InChI=1S/C74H149N4O29Si2/c1-8-73(81)105-59-57-101-55-53-99-51-49-97-47-45-95-43-41-93-39-37-91-35-33-89-31-29-87-27-25-85-23-21-83-19-20-84-22-24-86-26-28-88-30-32-90-34-36-92-38-40-94-42-44-96-46-48-98-50-52-100-54-56-102-58-60-106-74(82)63-71-72-66-76(11-12-77(71)72)65-70(80)68-104-18-10-62-109(6,7)107-108(4,5)61-9-17-103-67-69(79)64-75-13-15-78(2,3)16-14-75/h69-72,79-80H,8-68H2,1-7H3/q+1. The number of fused-ring (bicyclic) bond motifs is 1. The first-order valence-electron chi connectivity index (χ1n) is 40.2. The van der Waals surface area contributed by atoms with Gasteiger partial charge in [-0.15, -0.1) is 0 Å². The summed E-state index contributed by atoms with van der Waals surface area (Å²) >= 11 is 0. The van der Waals surface area contributed by atoms with E-state index in [1.807, 2.05) is 0 Å². The number of rotatable bonds is 84. The molecule has 0 aromatic heterocycles. The Labute approximate surface area is 654 Å². The lowest BCUT2D eigenvalue weighted by atomic mass is 10.2. The van der Waals surface area contributed by atoms with Crippen molar-refractivity contribution < 1.29 is 142 Å². The van der Waals surface area contributed by atoms with E-state index in [1.165, 1.54) is 0 Å². The van der Waals surface area contributed by atoms with Crippen LogP contribution in [-0.4, -0.2) is 459 Å². The van der Waals surface area contributed by atoms with Gasteiger partial charge in [0.1, 0.15) is 13.2 Å². The number of quaternary nitrogens is 1. The minimum atomic E-state index is -1.88. The van der Waals surface area contributed by atoms with Crippen LogP contribution in [0.3, 0.4) is 0 Å². The molecule has 5 atom stereocenters. The van der Waals surface area contributed by atoms with Crippen molar-refractivity contribution in [3.8, 4) is 0 Å². The van der Waals surface area contributed by atoms with Crippen molar-refractivity contribution in [2.45, 2.75) is 95.2 Å². The van der Waals surface area contributed by atoms with E-state index < -0.39 is 28.8 Å². The van der Waals surface area contributed by atoms with E-state index in [0.717, 1.165) is 75.2 Å². The molecule has 109 heavy (non-hydrogen) atoms. The zero-order valence-electron chi connectivity index (χ0n) is 68.1. The second-order valence-electron chi connectivity index (χ2n) is 28.3. The average molecular weight is 1620 g/mol. The third-order valence-electron chi connectivity index (χ3n) is 17.3. The molecule has 0 aromatic carbocycles. The Kier molecular flexibility index (Phi) is 65.5. The summed E-state index contributed by atoms with van der Waals surface area (Å²) in [5.74, 6) is -0.449. The molecule has 0 amide bonds. The molecular weight excluding hydrogens is 1460 g/mol. The van der Waals surface area contributed by atoms with Crippen molar-refractivity contribution in [1.82, 2.24) is 14.7 Å². The lowest BCUT2D eigenvalue weighted by Crippen LogP contribution is -2.56. The van der Waals surface area contributed by atoms with Crippen LogP contribution in [0.1, 0.15) is 32.6 Å². The summed E-state index contributed by atoms with van der Waals surface area (Å²) in [5, 5.41) is 21.3. The van der Waals surface area contributed by atoms with Crippen LogP contribution in [-0.2, 0) is 127 Å². The molecule has 5 unspecified atom stereocenters. The zero-order valence-corrected chi connectivity index (χ0v) is 70.1.